The predicted molar refractivity (Wildman–Crippen MR) is 152 cm³/mol. The minimum absolute atomic E-state index is 0.0127. The van der Waals surface area contributed by atoms with Gasteiger partial charge in [0.15, 0.2) is 24.0 Å². The number of carbonyl (C=O) groups is 5. The molecule has 1 aromatic carbocycles. The summed E-state index contributed by atoms with van der Waals surface area (Å²) in [5, 5.41) is 25.9. The highest BCUT2D eigenvalue weighted by Crippen LogP contribution is 2.41. The highest BCUT2D eigenvalue weighted by Gasteiger charge is 2.52. The molecule has 0 radical (unpaired) electrons. The number of aromatic hydroxyl groups is 1. The lowest BCUT2D eigenvalue weighted by atomic mass is 10.0. The van der Waals surface area contributed by atoms with E-state index in [9.17, 15) is 38.6 Å². The number of fused-ring (bicyclic) bond motifs is 1. The summed E-state index contributed by atoms with van der Waals surface area (Å²) < 4.78 is 15.1. The first-order valence-electron chi connectivity index (χ1n) is 13.1. The molecule has 3 N–H and O–H groups in total. The van der Waals surface area contributed by atoms with E-state index in [0.29, 0.717) is 30.7 Å². The third kappa shape index (κ3) is 6.41. The molecule has 4 heterocycles. The lowest BCUT2D eigenvalue weighted by Gasteiger charge is -2.50. The summed E-state index contributed by atoms with van der Waals surface area (Å²) in [6.45, 7) is 0.660. The van der Waals surface area contributed by atoms with Crippen molar-refractivity contribution < 1.29 is 43.1 Å². The van der Waals surface area contributed by atoms with Crippen LogP contribution in [0.3, 0.4) is 0 Å². The Balaban J connectivity index is 1.21. The van der Waals surface area contributed by atoms with Gasteiger partial charge in [0, 0.05) is 48.3 Å². The number of carbonyl (C=O) groups excluding carboxylic acids is 5. The molecule has 0 aliphatic carbocycles. The number of amides is 4. The van der Waals surface area contributed by atoms with Gasteiger partial charge in [0.1, 0.15) is 11.4 Å². The maximum Gasteiger partial charge on any atom is 0.290 e. The number of phenols is 1. The quantitative estimate of drug-likeness (QED) is 0.109. The van der Waals surface area contributed by atoms with Crippen LogP contribution in [0.25, 0.3) is 0 Å². The van der Waals surface area contributed by atoms with Gasteiger partial charge in [0.05, 0.1) is 17.0 Å². The third-order valence-corrected chi connectivity index (χ3v) is 8.89. The summed E-state index contributed by atoms with van der Waals surface area (Å²) in [5.41, 5.74) is 1.45. The van der Waals surface area contributed by atoms with Gasteiger partial charge >= 0.3 is 0 Å². The second kappa shape index (κ2) is 12.6. The highest BCUT2D eigenvalue weighted by atomic mass is 79.9. The molecule has 3 aliphatic heterocycles. The average Bonchev–Trinajstić information content (AvgIpc) is 3.32. The second-order valence-electron chi connectivity index (χ2n) is 9.99. The molecule has 224 valence electrons. The fourth-order valence-corrected chi connectivity index (χ4v) is 6.46. The zero-order valence-electron chi connectivity index (χ0n) is 22.4. The number of halogens is 2. The van der Waals surface area contributed by atoms with Crippen molar-refractivity contribution in [3.63, 3.8) is 0 Å². The van der Waals surface area contributed by atoms with Gasteiger partial charge in [0.25, 0.3) is 11.8 Å². The standard InChI is InChI=1S/C28H25BrFN5O7S/c29-11-21(37)32-23-26(40)35-24(28(41)42)17(14-43-27(23)35)9-16-5-8-34(25(16)39)12-15-3-6-33(7-4-15)13-22(38)31-18-1-2-20(36)19(30)10-18/h1-4,6-7,9-10,23,27H,5,8,11-14H2,(H3-,31,32,36,37,38,41,42)/t23-,27-/m1/s1. The molecule has 5 rings (SSSR count). The van der Waals surface area contributed by atoms with Gasteiger partial charge in [-0.25, -0.2) is 4.39 Å². The van der Waals surface area contributed by atoms with Crippen molar-refractivity contribution in [1.82, 2.24) is 15.1 Å². The summed E-state index contributed by atoms with van der Waals surface area (Å²) in [6, 6.07) is 6.24. The Kier molecular flexibility index (Phi) is 8.82. The number of rotatable bonds is 9. The Morgan fingerprint density at radius 1 is 1.19 bits per heavy atom. The number of carboxylic acids is 1. The number of carboxylic acid groups (broad SMARTS) is 1. The van der Waals surface area contributed by atoms with Gasteiger partial charge in [-0.3, -0.25) is 24.1 Å². The number of aliphatic carboxylic acids is 1. The van der Waals surface area contributed by atoms with E-state index >= 15 is 0 Å². The van der Waals surface area contributed by atoms with E-state index in [1.165, 1.54) is 23.9 Å². The van der Waals surface area contributed by atoms with Gasteiger partial charge in [-0.2, -0.15) is 4.57 Å². The number of phenolic OH excluding ortho intramolecular Hbond substituents is 1. The van der Waals surface area contributed by atoms with Crippen molar-refractivity contribution in [3.8, 4) is 5.75 Å². The van der Waals surface area contributed by atoms with Crippen LogP contribution in [0.1, 0.15) is 12.0 Å². The average molecular weight is 675 g/mol. The summed E-state index contributed by atoms with van der Waals surface area (Å²) in [7, 11) is 0. The number of β-lactam (4-membered cyclic amide) rings is 1. The molecule has 1 aromatic heterocycles. The molecular weight excluding hydrogens is 649 g/mol. The number of thioether (sulfide) groups is 1. The predicted octanol–water partition coefficient (Wildman–Crippen LogP) is -0.0850. The van der Waals surface area contributed by atoms with Gasteiger partial charge < -0.3 is 30.5 Å². The fraction of sp³-hybridized carbons (Fsp3) is 0.286. The number of aromatic nitrogens is 1. The molecular formula is C28H25BrFN5O7S. The second-order valence-corrected chi connectivity index (χ2v) is 11.7. The number of pyridine rings is 1. The normalized spacial score (nSPS) is 20.7. The first-order chi connectivity index (χ1) is 20.5. The van der Waals surface area contributed by atoms with Crippen LogP contribution >= 0.6 is 27.7 Å². The van der Waals surface area contributed by atoms with Gasteiger partial charge in [-0.15, -0.1) is 11.8 Å². The van der Waals surface area contributed by atoms with Crippen LogP contribution < -0.4 is 20.3 Å². The van der Waals surface area contributed by atoms with Gasteiger partial charge in [-0.1, -0.05) is 15.9 Å². The summed E-state index contributed by atoms with van der Waals surface area (Å²) >= 11 is 4.32. The third-order valence-electron chi connectivity index (χ3n) is 7.08. The van der Waals surface area contributed by atoms with Crippen LogP contribution in [-0.2, 0) is 37.1 Å². The maximum absolute atomic E-state index is 13.5. The minimum atomic E-state index is -1.53. The number of likely N-dealkylation sites (tertiary alicyclic amines) is 1. The van der Waals surface area contributed by atoms with Gasteiger partial charge in [0.2, 0.25) is 18.4 Å². The van der Waals surface area contributed by atoms with Crippen LogP contribution in [0, 0.1) is 5.82 Å². The molecule has 15 heteroatoms. The molecule has 4 amide bonds. The first kappa shape index (κ1) is 30.2. The molecule has 0 unspecified atom stereocenters. The van der Waals surface area contributed by atoms with Crippen molar-refractivity contribution in [3.05, 3.63) is 77.0 Å². The van der Waals surface area contributed by atoms with Crippen LogP contribution in [0.4, 0.5) is 10.1 Å². The Hall–Kier alpha value is -4.24. The number of allylic oxidation sites excluding steroid dienone is 1. The molecule has 0 spiro atoms. The smallest absolute Gasteiger partial charge is 0.290 e. The minimum Gasteiger partial charge on any atom is -0.543 e. The number of anilines is 1. The lowest BCUT2D eigenvalue weighted by molar-refractivity contribution is -0.684. The Morgan fingerprint density at radius 2 is 1.93 bits per heavy atom. The van der Waals surface area contributed by atoms with E-state index < -0.39 is 40.8 Å². The maximum atomic E-state index is 13.5. The molecule has 12 nitrogen and oxygen atoms in total. The molecule has 0 saturated carbocycles. The van der Waals surface area contributed by atoms with Crippen LogP contribution in [-0.4, -0.2) is 73.5 Å². The van der Waals surface area contributed by atoms with E-state index in [4.69, 9.17) is 0 Å². The molecule has 2 fully saturated rings. The molecule has 2 aromatic rings. The largest absolute Gasteiger partial charge is 0.543 e. The lowest BCUT2D eigenvalue weighted by Crippen LogP contribution is -2.71. The van der Waals surface area contributed by atoms with Crippen molar-refractivity contribution in [1.29, 1.82) is 0 Å². The van der Waals surface area contributed by atoms with Crippen LogP contribution in [0.5, 0.6) is 5.75 Å². The monoisotopic (exact) mass is 673 g/mol. The number of alkyl halides is 1. The van der Waals surface area contributed by atoms with Crippen molar-refractivity contribution in [2.45, 2.75) is 30.9 Å². The van der Waals surface area contributed by atoms with Crippen molar-refractivity contribution in [2.75, 3.05) is 22.9 Å². The number of nitrogens with zero attached hydrogens (tertiary/aromatic N) is 3. The zero-order valence-corrected chi connectivity index (χ0v) is 24.8. The van der Waals surface area contributed by atoms with E-state index in [0.717, 1.165) is 22.6 Å². The van der Waals surface area contributed by atoms with Crippen molar-refractivity contribution in [2.24, 2.45) is 0 Å². The van der Waals surface area contributed by atoms with Gasteiger partial charge in [-0.05, 0) is 35.8 Å². The van der Waals surface area contributed by atoms with E-state index in [-0.39, 0.29) is 40.8 Å². The molecule has 0 bridgehead atoms. The fourth-order valence-electron chi connectivity index (χ4n) is 4.99. The molecule has 3 aliphatic rings. The van der Waals surface area contributed by atoms with Crippen LogP contribution in [0.15, 0.2) is 65.6 Å². The van der Waals surface area contributed by atoms with E-state index in [1.54, 1.807) is 34.0 Å². The van der Waals surface area contributed by atoms with E-state index in [2.05, 4.69) is 26.6 Å². The molecule has 2 saturated heterocycles. The first-order valence-corrected chi connectivity index (χ1v) is 15.2. The topological polar surface area (TPSA) is 163 Å². The SMILES string of the molecule is O=C(C[n+]1ccc(CN2CCC(=CC3=C(C(=O)[O-])N4C(=O)[C@@H](NC(=O)CBr)[C@H]4SC3)C2=O)cc1)Nc1ccc(O)c(F)c1. The number of hydrogen-bond donors (Lipinski definition) is 3. The number of nitrogens with one attached hydrogen (secondary N) is 2. The van der Waals surface area contributed by atoms with Crippen LogP contribution in [0.2, 0.25) is 0 Å². The number of benzene rings is 1. The summed E-state index contributed by atoms with van der Waals surface area (Å²) in [5.74, 6) is -4.25. The summed E-state index contributed by atoms with van der Waals surface area (Å²) in [4.78, 5) is 64.6. The van der Waals surface area contributed by atoms with Crippen molar-refractivity contribution >= 4 is 63.0 Å². The Morgan fingerprint density at radius 3 is 2.60 bits per heavy atom. The number of hydrogen-bond acceptors (Lipinski definition) is 8. The highest BCUT2D eigenvalue weighted by molar-refractivity contribution is 9.09. The van der Waals surface area contributed by atoms with E-state index in [1.807, 2.05) is 0 Å². The zero-order chi connectivity index (χ0) is 30.8. The Bertz CT molecular complexity index is 1580. The molecule has 2 atom stereocenters. The Labute approximate surface area is 257 Å². The molecule has 43 heavy (non-hydrogen) atoms. The summed E-state index contributed by atoms with van der Waals surface area (Å²) in [6.07, 6.45) is 5.26.